The third-order valence-corrected chi connectivity index (χ3v) is 4.92. The molecule has 0 heterocycles. The number of ether oxygens (including phenoxy) is 1. The molecule has 2 aromatic rings. The summed E-state index contributed by atoms with van der Waals surface area (Å²) in [5.74, 6) is 0.498. The lowest BCUT2D eigenvalue weighted by molar-refractivity contribution is -0.502. The van der Waals surface area contributed by atoms with Crippen molar-refractivity contribution in [2.24, 2.45) is 0 Å². The Labute approximate surface area is 122 Å². The highest BCUT2D eigenvalue weighted by molar-refractivity contribution is 7.91. The van der Waals surface area contributed by atoms with Crippen LogP contribution in [0, 0.1) is 10.1 Å². The number of rotatable bonds is 5. The Morgan fingerprint density at radius 2 is 1.62 bits per heavy atom. The van der Waals surface area contributed by atoms with Crippen LogP contribution in [0.1, 0.15) is 10.9 Å². The van der Waals surface area contributed by atoms with Crippen LogP contribution in [-0.2, 0) is 9.84 Å². The van der Waals surface area contributed by atoms with Crippen molar-refractivity contribution in [2.75, 3.05) is 7.11 Å². The molecular formula is C14H13NO5S. The van der Waals surface area contributed by atoms with Crippen LogP contribution in [0.15, 0.2) is 59.5 Å². The first-order chi connectivity index (χ1) is 9.96. The van der Waals surface area contributed by atoms with Gasteiger partial charge in [-0.3, -0.25) is 10.1 Å². The van der Waals surface area contributed by atoms with Crippen LogP contribution in [0.2, 0.25) is 0 Å². The number of hydrogen-bond acceptors (Lipinski definition) is 5. The molecule has 0 amide bonds. The molecule has 2 aromatic carbocycles. The van der Waals surface area contributed by atoms with Gasteiger partial charge in [0.1, 0.15) is 5.75 Å². The number of sulfone groups is 1. The maximum absolute atomic E-state index is 12.5. The number of nitrogens with zero attached hydrogens (tertiary/aromatic N) is 1. The van der Waals surface area contributed by atoms with Crippen LogP contribution >= 0.6 is 0 Å². The molecular weight excluding hydrogens is 294 g/mol. The highest BCUT2D eigenvalue weighted by Gasteiger charge is 2.39. The van der Waals surface area contributed by atoms with Crippen molar-refractivity contribution in [1.82, 2.24) is 0 Å². The Morgan fingerprint density at radius 3 is 2.10 bits per heavy atom. The fraction of sp³-hybridized carbons (Fsp3) is 0.143. The smallest absolute Gasteiger partial charge is 0.339 e. The minimum absolute atomic E-state index is 0.0810. The van der Waals surface area contributed by atoms with Gasteiger partial charge in [-0.15, -0.1) is 0 Å². The summed E-state index contributed by atoms with van der Waals surface area (Å²) < 4.78 is 29.9. The molecule has 0 aliphatic carbocycles. The zero-order chi connectivity index (χ0) is 15.5. The molecule has 21 heavy (non-hydrogen) atoms. The van der Waals surface area contributed by atoms with Crippen molar-refractivity contribution < 1.29 is 18.1 Å². The van der Waals surface area contributed by atoms with Crippen molar-refractivity contribution in [3.63, 3.8) is 0 Å². The molecule has 0 aliphatic heterocycles. The molecule has 1 atom stereocenters. The zero-order valence-electron chi connectivity index (χ0n) is 11.2. The van der Waals surface area contributed by atoms with Gasteiger partial charge in [-0.05, 0) is 36.4 Å². The van der Waals surface area contributed by atoms with Gasteiger partial charge >= 0.3 is 5.37 Å². The van der Waals surface area contributed by atoms with E-state index in [9.17, 15) is 18.5 Å². The second-order valence-electron chi connectivity index (χ2n) is 4.27. The van der Waals surface area contributed by atoms with E-state index in [4.69, 9.17) is 4.74 Å². The van der Waals surface area contributed by atoms with Gasteiger partial charge in [0, 0.05) is 10.5 Å². The van der Waals surface area contributed by atoms with Crippen molar-refractivity contribution in [3.8, 4) is 5.75 Å². The number of nitro groups is 1. The number of hydrogen-bond donors (Lipinski definition) is 0. The van der Waals surface area contributed by atoms with Gasteiger partial charge in [0.15, 0.2) is 0 Å². The summed E-state index contributed by atoms with van der Waals surface area (Å²) in [5, 5.41) is 9.43. The summed E-state index contributed by atoms with van der Waals surface area (Å²) in [6, 6.07) is 13.1. The van der Waals surface area contributed by atoms with Crippen LogP contribution in [-0.4, -0.2) is 20.5 Å². The van der Waals surface area contributed by atoms with E-state index in [0.29, 0.717) is 5.75 Å². The average molecular weight is 307 g/mol. The third-order valence-electron chi connectivity index (χ3n) is 2.96. The molecule has 0 saturated carbocycles. The van der Waals surface area contributed by atoms with E-state index >= 15 is 0 Å². The molecule has 0 aromatic heterocycles. The van der Waals surface area contributed by atoms with E-state index < -0.39 is 20.1 Å². The fourth-order valence-corrected chi connectivity index (χ4v) is 3.46. The lowest BCUT2D eigenvalue weighted by atomic mass is 10.2. The predicted molar refractivity (Wildman–Crippen MR) is 76.4 cm³/mol. The molecule has 0 radical (unpaired) electrons. The normalized spacial score (nSPS) is 12.6. The molecule has 7 heteroatoms. The molecule has 2 rings (SSSR count). The van der Waals surface area contributed by atoms with Crippen molar-refractivity contribution in [1.29, 1.82) is 0 Å². The second-order valence-corrected chi connectivity index (χ2v) is 6.28. The molecule has 110 valence electrons. The summed E-state index contributed by atoms with van der Waals surface area (Å²) in [4.78, 5) is 10.4. The summed E-state index contributed by atoms with van der Waals surface area (Å²) in [6.45, 7) is 0. The Hall–Kier alpha value is -2.41. The van der Waals surface area contributed by atoms with Crippen molar-refractivity contribution in [3.05, 3.63) is 70.3 Å². The Morgan fingerprint density at radius 1 is 1.05 bits per heavy atom. The molecule has 0 spiro atoms. The first kappa shape index (κ1) is 15.0. The first-order valence-corrected chi connectivity index (χ1v) is 7.58. The van der Waals surface area contributed by atoms with Gasteiger partial charge in [0.05, 0.1) is 12.0 Å². The monoisotopic (exact) mass is 307 g/mol. The molecule has 1 unspecified atom stereocenters. The third kappa shape index (κ3) is 3.03. The van der Waals surface area contributed by atoms with Crippen LogP contribution in [0.25, 0.3) is 0 Å². The van der Waals surface area contributed by atoms with Gasteiger partial charge in [-0.1, -0.05) is 18.2 Å². The summed E-state index contributed by atoms with van der Waals surface area (Å²) >= 11 is 0. The minimum Gasteiger partial charge on any atom is -0.497 e. The molecule has 0 bridgehead atoms. The number of benzene rings is 2. The van der Waals surface area contributed by atoms with E-state index in [2.05, 4.69) is 0 Å². The largest absolute Gasteiger partial charge is 0.497 e. The van der Waals surface area contributed by atoms with E-state index in [1.807, 2.05) is 0 Å². The minimum atomic E-state index is -4.11. The second kappa shape index (κ2) is 5.92. The Kier molecular flexibility index (Phi) is 4.23. The van der Waals surface area contributed by atoms with Gasteiger partial charge in [-0.25, -0.2) is 8.42 Å². The van der Waals surface area contributed by atoms with Gasteiger partial charge in [0.2, 0.25) is 0 Å². The van der Waals surface area contributed by atoms with Crippen molar-refractivity contribution in [2.45, 2.75) is 10.3 Å². The van der Waals surface area contributed by atoms with Crippen LogP contribution < -0.4 is 4.74 Å². The molecule has 0 N–H and O–H groups in total. The topological polar surface area (TPSA) is 86.5 Å². The molecule has 0 fully saturated rings. The molecule has 0 saturated heterocycles. The van der Waals surface area contributed by atoms with Crippen LogP contribution in [0.4, 0.5) is 0 Å². The number of methoxy groups -OCH3 is 1. The summed E-state index contributed by atoms with van der Waals surface area (Å²) in [5.41, 5.74) is 0.0876. The van der Waals surface area contributed by atoms with E-state index in [0.717, 1.165) is 0 Å². The lowest BCUT2D eigenvalue weighted by Gasteiger charge is -2.11. The van der Waals surface area contributed by atoms with E-state index in [1.54, 1.807) is 6.07 Å². The Balaban J connectivity index is 2.50. The van der Waals surface area contributed by atoms with Gasteiger partial charge in [-0.2, -0.15) is 0 Å². The lowest BCUT2D eigenvalue weighted by Crippen LogP contribution is -2.21. The average Bonchev–Trinajstić information content (AvgIpc) is 2.48. The van der Waals surface area contributed by atoms with Crippen molar-refractivity contribution >= 4 is 9.84 Å². The molecule has 0 aliphatic rings. The quantitative estimate of drug-likeness (QED) is 0.625. The standard InChI is InChI=1S/C14H13NO5S/c1-20-12-9-7-11(8-10-12)14(15(16)17)21(18,19)13-5-3-2-4-6-13/h2-10,14H,1H3. The maximum atomic E-state index is 12.5. The van der Waals surface area contributed by atoms with Crippen LogP contribution in [0.3, 0.4) is 0 Å². The Bertz CT molecular complexity index is 726. The van der Waals surface area contributed by atoms with Gasteiger partial charge < -0.3 is 4.74 Å². The highest BCUT2D eigenvalue weighted by Crippen LogP contribution is 2.30. The highest BCUT2D eigenvalue weighted by atomic mass is 32.2. The fourth-order valence-electron chi connectivity index (χ4n) is 1.92. The summed E-state index contributed by atoms with van der Waals surface area (Å²) in [7, 11) is -2.65. The maximum Gasteiger partial charge on any atom is 0.339 e. The zero-order valence-corrected chi connectivity index (χ0v) is 12.0. The van der Waals surface area contributed by atoms with Crippen LogP contribution in [0.5, 0.6) is 5.75 Å². The first-order valence-electron chi connectivity index (χ1n) is 6.03. The van der Waals surface area contributed by atoms with E-state index in [1.165, 1.54) is 55.6 Å². The summed E-state index contributed by atoms with van der Waals surface area (Å²) in [6.07, 6.45) is 0. The van der Waals surface area contributed by atoms with E-state index in [-0.39, 0.29) is 10.5 Å². The van der Waals surface area contributed by atoms with Gasteiger partial charge in [0.25, 0.3) is 9.84 Å². The SMILES string of the molecule is COc1ccc(C([N+](=O)[O-])S(=O)(=O)c2ccccc2)cc1. The molecule has 6 nitrogen and oxygen atoms in total. The predicted octanol–water partition coefficient (Wildman–Crippen LogP) is 2.44.